The van der Waals surface area contributed by atoms with Crippen molar-refractivity contribution in [3.05, 3.63) is 59.2 Å². The molecule has 0 aliphatic heterocycles. The standard InChI is InChI=1S/C14H12F2N2OS/c15-11-5-8(14(18)19)1-2-9(11)7-20-10-3-4-13(17)12(16)6-10/h1-6H,7,17H2,(H2,18,19). The van der Waals surface area contributed by atoms with Gasteiger partial charge in [-0.05, 0) is 35.9 Å². The summed E-state index contributed by atoms with van der Waals surface area (Å²) in [6.07, 6.45) is 0. The minimum Gasteiger partial charge on any atom is -0.396 e. The third-order valence-corrected chi connectivity index (χ3v) is 3.75. The van der Waals surface area contributed by atoms with E-state index in [4.69, 9.17) is 11.5 Å². The third-order valence-electron chi connectivity index (χ3n) is 2.70. The average Bonchev–Trinajstić information content (AvgIpc) is 2.41. The summed E-state index contributed by atoms with van der Waals surface area (Å²) < 4.78 is 27.0. The number of thioether (sulfide) groups is 1. The number of rotatable bonds is 4. The number of carbonyl (C=O) groups excluding carboxylic acids is 1. The summed E-state index contributed by atoms with van der Waals surface area (Å²) in [5.41, 5.74) is 11.1. The molecule has 2 aromatic rings. The van der Waals surface area contributed by atoms with Crippen LogP contribution in [-0.2, 0) is 5.75 Å². The Morgan fingerprint density at radius 2 is 1.85 bits per heavy atom. The molecule has 0 aliphatic rings. The monoisotopic (exact) mass is 294 g/mol. The zero-order valence-corrected chi connectivity index (χ0v) is 11.2. The summed E-state index contributed by atoms with van der Waals surface area (Å²) in [6, 6.07) is 8.49. The molecule has 3 nitrogen and oxygen atoms in total. The summed E-state index contributed by atoms with van der Waals surface area (Å²) in [6.45, 7) is 0. The summed E-state index contributed by atoms with van der Waals surface area (Å²) in [5.74, 6) is -1.37. The van der Waals surface area contributed by atoms with Crippen LogP contribution >= 0.6 is 11.8 Å². The molecular weight excluding hydrogens is 282 g/mol. The second-order valence-corrected chi connectivity index (χ2v) is 5.19. The maximum Gasteiger partial charge on any atom is 0.248 e. The van der Waals surface area contributed by atoms with E-state index in [9.17, 15) is 13.6 Å². The van der Waals surface area contributed by atoms with Crippen LogP contribution in [0.25, 0.3) is 0 Å². The van der Waals surface area contributed by atoms with E-state index in [1.807, 2.05) is 0 Å². The van der Waals surface area contributed by atoms with Crippen LogP contribution in [0.3, 0.4) is 0 Å². The van der Waals surface area contributed by atoms with E-state index in [0.717, 1.165) is 6.07 Å². The molecule has 0 bridgehead atoms. The lowest BCUT2D eigenvalue weighted by Crippen LogP contribution is -2.11. The Morgan fingerprint density at radius 3 is 2.45 bits per heavy atom. The minimum atomic E-state index is -0.677. The smallest absolute Gasteiger partial charge is 0.248 e. The van der Waals surface area contributed by atoms with Gasteiger partial charge in [-0.1, -0.05) is 6.07 Å². The van der Waals surface area contributed by atoms with Crippen LogP contribution in [0.4, 0.5) is 14.5 Å². The Labute approximate surface area is 119 Å². The molecule has 0 unspecified atom stereocenters. The predicted molar refractivity (Wildman–Crippen MR) is 75.3 cm³/mol. The second kappa shape index (κ2) is 5.92. The number of hydrogen-bond donors (Lipinski definition) is 2. The zero-order valence-electron chi connectivity index (χ0n) is 10.4. The number of primary amides is 1. The van der Waals surface area contributed by atoms with Gasteiger partial charge in [0.1, 0.15) is 11.6 Å². The molecule has 0 heterocycles. The van der Waals surface area contributed by atoms with Gasteiger partial charge in [-0.2, -0.15) is 0 Å². The summed E-state index contributed by atoms with van der Waals surface area (Å²) in [4.78, 5) is 11.6. The number of nitrogens with two attached hydrogens (primary N) is 2. The van der Waals surface area contributed by atoms with Gasteiger partial charge in [-0.3, -0.25) is 4.79 Å². The molecule has 1 amide bonds. The van der Waals surface area contributed by atoms with E-state index in [1.165, 1.54) is 36.0 Å². The van der Waals surface area contributed by atoms with Crippen molar-refractivity contribution < 1.29 is 13.6 Å². The Hall–Kier alpha value is -2.08. The molecule has 0 saturated heterocycles. The summed E-state index contributed by atoms with van der Waals surface area (Å²) in [7, 11) is 0. The van der Waals surface area contributed by atoms with Gasteiger partial charge in [-0.15, -0.1) is 11.8 Å². The summed E-state index contributed by atoms with van der Waals surface area (Å²) >= 11 is 1.27. The lowest BCUT2D eigenvalue weighted by molar-refractivity contribution is 0.1000. The lowest BCUT2D eigenvalue weighted by atomic mass is 10.1. The van der Waals surface area contributed by atoms with E-state index in [-0.39, 0.29) is 11.3 Å². The first kappa shape index (κ1) is 14.3. The highest BCUT2D eigenvalue weighted by Crippen LogP contribution is 2.26. The number of anilines is 1. The Bertz CT molecular complexity index is 662. The van der Waals surface area contributed by atoms with Crippen LogP contribution in [0, 0.1) is 11.6 Å². The fourth-order valence-corrected chi connectivity index (χ4v) is 2.48. The largest absolute Gasteiger partial charge is 0.396 e. The van der Waals surface area contributed by atoms with Crippen LogP contribution < -0.4 is 11.5 Å². The van der Waals surface area contributed by atoms with Gasteiger partial charge in [0.15, 0.2) is 0 Å². The number of carbonyl (C=O) groups is 1. The molecule has 104 valence electrons. The van der Waals surface area contributed by atoms with Gasteiger partial charge >= 0.3 is 0 Å². The highest BCUT2D eigenvalue weighted by atomic mass is 32.2. The van der Waals surface area contributed by atoms with Crippen molar-refractivity contribution in [2.75, 3.05) is 5.73 Å². The number of amides is 1. The third kappa shape index (κ3) is 3.27. The first-order chi connectivity index (χ1) is 9.47. The molecule has 0 radical (unpaired) electrons. The molecule has 0 saturated carbocycles. The van der Waals surface area contributed by atoms with Gasteiger partial charge < -0.3 is 11.5 Å². The van der Waals surface area contributed by atoms with Crippen LogP contribution in [0.5, 0.6) is 0 Å². The van der Waals surface area contributed by atoms with Crippen molar-refractivity contribution in [3.8, 4) is 0 Å². The average molecular weight is 294 g/mol. The molecule has 0 atom stereocenters. The van der Waals surface area contributed by atoms with Crippen molar-refractivity contribution >= 4 is 23.4 Å². The Morgan fingerprint density at radius 1 is 1.10 bits per heavy atom. The van der Waals surface area contributed by atoms with Crippen molar-refractivity contribution in [1.29, 1.82) is 0 Å². The number of halogens is 2. The van der Waals surface area contributed by atoms with E-state index in [2.05, 4.69) is 0 Å². The minimum absolute atomic E-state index is 0.0753. The first-order valence-corrected chi connectivity index (χ1v) is 6.72. The van der Waals surface area contributed by atoms with E-state index in [1.54, 1.807) is 6.07 Å². The van der Waals surface area contributed by atoms with Crippen molar-refractivity contribution in [1.82, 2.24) is 0 Å². The fraction of sp³-hybridized carbons (Fsp3) is 0.0714. The van der Waals surface area contributed by atoms with Gasteiger partial charge in [0.2, 0.25) is 5.91 Å². The maximum absolute atomic E-state index is 13.7. The molecule has 2 aromatic carbocycles. The zero-order chi connectivity index (χ0) is 14.7. The molecule has 0 fully saturated rings. The van der Waals surface area contributed by atoms with Gasteiger partial charge in [0.25, 0.3) is 0 Å². The van der Waals surface area contributed by atoms with Crippen LogP contribution in [0.1, 0.15) is 15.9 Å². The van der Waals surface area contributed by atoms with Gasteiger partial charge in [0, 0.05) is 16.2 Å². The molecule has 0 aromatic heterocycles. The van der Waals surface area contributed by atoms with Crippen molar-refractivity contribution in [3.63, 3.8) is 0 Å². The molecule has 4 N–H and O–H groups in total. The van der Waals surface area contributed by atoms with E-state index < -0.39 is 17.5 Å². The predicted octanol–water partition coefficient (Wildman–Crippen LogP) is 2.94. The topological polar surface area (TPSA) is 69.1 Å². The lowest BCUT2D eigenvalue weighted by Gasteiger charge is -2.06. The molecule has 2 rings (SSSR count). The Balaban J connectivity index is 2.10. The van der Waals surface area contributed by atoms with Crippen LogP contribution in [0.15, 0.2) is 41.3 Å². The highest BCUT2D eigenvalue weighted by Gasteiger charge is 2.08. The van der Waals surface area contributed by atoms with Gasteiger partial charge in [0.05, 0.1) is 5.69 Å². The molecule has 0 aliphatic carbocycles. The molecular formula is C14H12F2N2OS. The molecule has 6 heteroatoms. The van der Waals surface area contributed by atoms with Crippen molar-refractivity contribution in [2.24, 2.45) is 5.73 Å². The quantitative estimate of drug-likeness (QED) is 0.673. The second-order valence-electron chi connectivity index (χ2n) is 4.14. The first-order valence-electron chi connectivity index (χ1n) is 5.73. The van der Waals surface area contributed by atoms with E-state index >= 15 is 0 Å². The Kier molecular flexibility index (Phi) is 4.24. The summed E-state index contributed by atoms with van der Waals surface area (Å²) in [5, 5.41) is 0. The van der Waals surface area contributed by atoms with Crippen LogP contribution in [0.2, 0.25) is 0 Å². The normalized spacial score (nSPS) is 10.5. The van der Waals surface area contributed by atoms with Gasteiger partial charge in [-0.25, -0.2) is 8.78 Å². The molecule has 0 spiro atoms. The number of hydrogen-bond acceptors (Lipinski definition) is 3. The van der Waals surface area contributed by atoms with Crippen molar-refractivity contribution in [2.45, 2.75) is 10.6 Å². The SMILES string of the molecule is NC(=O)c1ccc(CSc2ccc(N)c(F)c2)c(F)c1. The maximum atomic E-state index is 13.7. The number of benzene rings is 2. The van der Waals surface area contributed by atoms with Crippen LogP contribution in [-0.4, -0.2) is 5.91 Å². The fourth-order valence-electron chi connectivity index (χ4n) is 1.58. The molecule has 20 heavy (non-hydrogen) atoms. The van der Waals surface area contributed by atoms with E-state index in [0.29, 0.717) is 16.2 Å². The number of nitrogen functional groups attached to an aromatic ring is 1. The highest BCUT2D eigenvalue weighted by molar-refractivity contribution is 7.98.